The molecule has 7 heteroatoms. The second-order valence-corrected chi connectivity index (χ2v) is 8.54. The minimum absolute atomic E-state index is 0.380. The third-order valence-corrected chi connectivity index (χ3v) is 6.14. The zero-order chi connectivity index (χ0) is 23.7. The van der Waals surface area contributed by atoms with Gasteiger partial charge in [0, 0.05) is 5.39 Å². The summed E-state index contributed by atoms with van der Waals surface area (Å²) in [4.78, 5) is 26.1. The van der Waals surface area contributed by atoms with E-state index in [9.17, 15) is 9.59 Å². The first kappa shape index (κ1) is 21.9. The topological polar surface area (TPSA) is 68.2 Å². The number of nitrogens with zero attached hydrogens (tertiary/aromatic N) is 2. The number of methoxy groups -OCH3 is 1. The molecule has 1 aliphatic rings. The highest BCUT2D eigenvalue weighted by Gasteiger charge is 2.32. The van der Waals surface area contributed by atoms with Crippen molar-refractivity contribution in [2.75, 3.05) is 7.11 Å². The van der Waals surface area contributed by atoms with E-state index < -0.39 is 11.8 Å². The number of carbonyl (C=O) groups excluding carboxylic acids is 2. The van der Waals surface area contributed by atoms with Gasteiger partial charge in [0.05, 0.1) is 28.9 Å². The fourth-order valence-corrected chi connectivity index (χ4v) is 4.51. The molecule has 0 saturated heterocycles. The van der Waals surface area contributed by atoms with Gasteiger partial charge in [0.25, 0.3) is 11.8 Å². The van der Waals surface area contributed by atoms with Crippen LogP contribution in [0.3, 0.4) is 0 Å². The van der Waals surface area contributed by atoms with Crippen LogP contribution >= 0.6 is 15.9 Å². The van der Waals surface area contributed by atoms with Gasteiger partial charge in [0.15, 0.2) is 11.5 Å². The maximum atomic E-state index is 13.0. The molecule has 2 amide bonds. The SMILES string of the molecule is COc1cc(C=NN2C(=O)c3cccc4cccc(c34)C2=O)cc(Br)c1OCc1ccccc1. The maximum Gasteiger partial charge on any atom is 0.282 e. The first-order chi connectivity index (χ1) is 16.6. The molecule has 0 N–H and O–H groups in total. The zero-order valence-corrected chi connectivity index (χ0v) is 19.8. The van der Waals surface area contributed by atoms with E-state index in [-0.39, 0.29) is 0 Å². The summed E-state index contributed by atoms with van der Waals surface area (Å²) < 4.78 is 12.1. The normalized spacial score (nSPS) is 13.1. The molecule has 168 valence electrons. The van der Waals surface area contributed by atoms with Crippen molar-refractivity contribution in [1.82, 2.24) is 5.01 Å². The third-order valence-electron chi connectivity index (χ3n) is 5.55. The average Bonchev–Trinajstić information content (AvgIpc) is 2.86. The van der Waals surface area contributed by atoms with E-state index >= 15 is 0 Å². The van der Waals surface area contributed by atoms with E-state index in [0.717, 1.165) is 16.0 Å². The van der Waals surface area contributed by atoms with Crippen molar-refractivity contribution in [3.63, 3.8) is 0 Å². The molecule has 0 unspecified atom stereocenters. The van der Waals surface area contributed by atoms with Crippen LogP contribution in [0.5, 0.6) is 11.5 Å². The Morgan fingerprint density at radius 3 is 2.24 bits per heavy atom. The fraction of sp³-hybridized carbons (Fsp3) is 0.0741. The van der Waals surface area contributed by atoms with Gasteiger partial charge in [0.1, 0.15) is 6.61 Å². The van der Waals surface area contributed by atoms with Crippen molar-refractivity contribution >= 4 is 44.7 Å². The van der Waals surface area contributed by atoms with Crippen LogP contribution in [0.2, 0.25) is 0 Å². The van der Waals surface area contributed by atoms with Crippen LogP contribution in [-0.2, 0) is 6.61 Å². The molecule has 0 aliphatic carbocycles. The van der Waals surface area contributed by atoms with Crippen molar-refractivity contribution in [2.24, 2.45) is 5.10 Å². The van der Waals surface area contributed by atoms with Crippen LogP contribution in [-0.4, -0.2) is 30.1 Å². The molecule has 1 aliphatic heterocycles. The minimum atomic E-state index is -0.459. The molecule has 0 radical (unpaired) electrons. The van der Waals surface area contributed by atoms with Crippen LogP contribution < -0.4 is 9.47 Å². The molecule has 0 bridgehead atoms. The monoisotopic (exact) mass is 514 g/mol. The molecular formula is C27H19BrN2O4. The molecule has 4 aromatic carbocycles. The van der Waals surface area contributed by atoms with Crippen LogP contribution in [0.25, 0.3) is 10.8 Å². The number of hydrogen-bond donors (Lipinski definition) is 0. The summed E-state index contributed by atoms with van der Waals surface area (Å²) in [5.74, 6) is 0.131. The number of rotatable bonds is 6. The van der Waals surface area contributed by atoms with Crippen LogP contribution in [0.15, 0.2) is 88.4 Å². The van der Waals surface area contributed by atoms with Gasteiger partial charge in [-0.2, -0.15) is 10.1 Å². The Kier molecular flexibility index (Phi) is 5.86. The lowest BCUT2D eigenvalue weighted by Gasteiger charge is -2.23. The zero-order valence-electron chi connectivity index (χ0n) is 18.2. The Morgan fingerprint density at radius 2 is 1.59 bits per heavy atom. The molecule has 0 saturated carbocycles. The Labute approximate surface area is 204 Å². The van der Waals surface area contributed by atoms with Gasteiger partial charge in [-0.25, -0.2) is 0 Å². The maximum absolute atomic E-state index is 13.0. The van der Waals surface area contributed by atoms with Gasteiger partial charge < -0.3 is 9.47 Å². The Morgan fingerprint density at radius 1 is 0.912 bits per heavy atom. The largest absolute Gasteiger partial charge is 0.493 e. The molecular weight excluding hydrogens is 496 g/mol. The summed E-state index contributed by atoms with van der Waals surface area (Å²) in [6.45, 7) is 0.380. The summed E-state index contributed by atoms with van der Waals surface area (Å²) >= 11 is 3.53. The predicted octanol–water partition coefficient (Wildman–Crippen LogP) is 5.82. The van der Waals surface area contributed by atoms with Crippen molar-refractivity contribution in [1.29, 1.82) is 0 Å². The standard InChI is InChI=1S/C27H19BrN2O4/c1-33-23-14-18(13-22(28)25(23)34-16-17-7-3-2-4-8-17)15-29-30-26(31)20-11-5-9-19-10-6-12-21(24(19)20)27(30)32/h2-15H,16H2,1H3. The van der Waals surface area contributed by atoms with Crippen molar-refractivity contribution < 1.29 is 19.1 Å². The minimum Gasteiger partial charge on any atom is -0.493 e. The van der Waals surface area contributed by atoms with Gasteiger partial charge in [-0.05, 0) is 56.7 Å². The molecule has 0 fully saturated rings. The smallest absolute Gasteiger partial charge is 0.282 e. The summed E-state index contributed by atoms with van der Waals surface area (Å²) in [5, 5.41) is 6.64. The van der Waals surface area contributed by atoms with Gasteiger partial charge in [-0.15, -0.1) is 0 Å². The highest BCUT2D eigenvalue weighted by atomic mass is 79.9. The van der Waals surface area contributed by atoms with Crippen LogP contribution in [0, 0.1) is 0 Å². The fourth-order valence-electron chi connectivity index (χ4n) is 3.93. The van der Waals surface area contributed by atoms with Crippen LogP contribution in [0.1, 0.15) is 31.8 Å². The van der Waals surface area contributed by atoms with Crippen molar-refractivity contribution in [3.8, 4) is 11.5 Å². The number of ether oxygens (including phenoxy) is 2. The van der Waals surface area contributed by atoms with Gasteiger partial charge in [-0.1, -0.05) is 54.6 Å². The quantitative estimate of drug-likeness (QED) is 0.240. The second-order valence-electron chi connectivity index (χ2n) is 7.68. The van der Waals surface area contributed by atoms with E-state index in [2.05, 4.69) is 21.0 Å². The first-order valence-electron chi connectivity index (χ1n) is 10.6. The summed E-state index contributed by atoms with van der Waals surface area (Å²) in [6.07, 6.45) is 1.46. The lowest BCUT2D eigenvalue weighted by molar-refractivity contribution is 0.0616. The highest BCUT2D eigenvalue weighted by Crippen LogP contribution is 2.37. The van der Waals surface area contributed by atoms with E-state index in [1.54, 1.807) is 43.5 Å². The number of amides is 2. The second kappa shape index (κ2) is 9.11. The molecule has 1 heterocycles. The average molecular weight is 515 g/mol. The molecule has 34 heavy (non-hydrogen) atoms. The summed E-state index contributed by atoms with van der Waals surface area (Å²) in [5.41, 5.74) is 2.56. The number of hydrazone groups is 1. The molecule has 0 spiro atoms. The molecule has 0 atom stereocenters. The number of carbonyl (C=O) groups is 2. The van der Waals surface area contributed by atoms with Gasteiger partial charge >= 0.3 is 0 Å². The van der Waals surface area contributed by atoms with E-state index in [0.29, 0.717) is 44.7 Å². The molecule has 4 aromatic rings. The lowest BCUT2D eigenvalue weighted by Crippen LogP contribution is -2.36. The Balaban J connectivity index is 1.42. The van der Waals surface area contributed by atoms with E-state index in [4.69, 9.17) is 9.47 Å². The van der Waals surface area contributed by atoms with Gasteiger partial charge in [0.2, 0.25) is 0 Å². The van der Waals surface area contributed by atoms with Gasteiger partial charge in [-0.3, -0.25) is 9.59 Å². The lowest BCUT2D eigenvalue weighted by atomic mass is 9.95. The van der Waals surface area contributed by atoms with Crippen LogP contribution in [0.4, 0.5) is 0 Å². The number of benzene rings is 4. The van der Waals surface area contributed by atoms with E-state index in [1.807, 2.05) is 42.5 Å². The van der Waals surface area contributed by atoms with Crippen molar-refractivity contribution in [3.05, 3.63) is 106 Å². The molecule has 5 rings (SSSR count). The predicted molar refractivity (Wildman–Crippen MR) is 134 cm³/mol. The summed E-state index contributed by atoms with van der Waals surface area (Å²) in [7, 11) is 1.55. The number of hydrogen-bond acceptors (Lipinski definition) is 5. The Hall–Kier alpha value is -3.97. The van der Waals surface area contributed by atoms with E-state index in [1.165, 1.54) is 6.21 Å². The third kappa shape index (κ3) is 3.95. The molecule has 0 aromatic heterocycles. The van der Waals surface area contributed by atoms with Crippen molar-refractivity contribution in [2.45, 2.75) is 6.61 Å². The number of halogens is 1. The Bertz CT molecular complexity index is 1400. The first-order valence-corrected chi connectivity index (χ1v) is 11.3. The number of imide groups is 1. The molecule has 6 nitrogen and oxygen atoms in total. The summed E-state index contributed by atoms with van der Waals surface area (Å²) in [6, 6.07) is 24.1. The highest BCUT2D eigenvalue weighted by molar-refractivity contribution is 9.10.